The normalized spacial score (nSPS) is 11.7. The lowest BCUT2D eigenvalue weighted by Gasteiger charge is -2.06. The summed E-state index contributed by atoms with van der Waals surface area (Å²) < 4.78 is 31.6. The fourth-order valence-electron chi connectivity index (χ4n) is 1.89. The number of hydrogen-bond donors (Lipinski definition) is 2. The molecular formula is C14H19N3O3S. The first-order valence-electron chi connectivity index (χ1n) is 6.74. The Balaban J connectivity index is 1.96. The number of rotatable bonds is 8. The van der Waals surface area contributed by atoms with E-state index >= 15 is 0 Å². The van der Waals surface area contributed by atoms with Crippen molar-refractivity contribution in [2.24, 2.45) is 0 Å². The van der Waals surface area contributed by atoms with Gasteiger partial charge in [0.15, 0.2) is 5.76 Å². The van der Waals surface area contributed by atoms with Crippen LogP contribution in [-0.4, -0.2) is 27.2 Å². The molecule has 2 aromatic rings. The van der Waals surface area contributed by atoms with Crippen LogP contribution >= 0.6 is 0 Å². The minimum Gasteiger partial charge on any atom is -0.360 e. The number of hydrogen-bond acceptors (Lipinski definition) is 5. The van der Waals surface area contributed by atoms with E-state index in [4.69, 9.17) is 4.52 Å². The van der Waals surface area contributed by atoms with E-state index in [2.05, 4.69) is 15.2 Å². The van der Waals surface area contributed by atoms with Crippen molar-refractivity contribution in [3.8, 4) is 0 Å². The molecular weight excluding hydrogens is 290 g/mol. The number of benzene rings is 1. The van der Waals surface area contributed by atoms with Crippen LogP contribution in [0.4, 0.5) is 0 Å². The van der Waals surface area contributed by atoms with Gasteiger partial charge >= 0.3 is 0 Å². The summed E-state index contributed by atoms with van der Waals surface area (Å²) in [5.74, 6) is 0.474. The molecule has 1 heterocycles. The van der Waals surface area contributed by atoms with Gasteiger partial charge in [0.05, 0.1) is 17.6 Å². The van der Waals surface area contributed by atoms with E-state index in [1.165, 1.54) is 6.20 Å². The molecule has 0 aliphatic heterocycles. The lowest BCUT2D eigenvalue weighted by Crippen LogP contribution is -2.23. The number of sulfonamides is 1. The van der Waals surface area contributed by atoms with Gasteiger partial charge in [-0.1, -0.05) is 17.3 Å². The first kappa shape index (κ1) is 15.7. The Hall–Kier alpha value is -1.70. The minimum atomic E-state index is -3.53. The van der Waals surface area contributed by atoms with E-state index in [1.807, 2.05) is 19.2 Å². The first-order chi connectivity index (χ1) is 10.1. The van der Waals surface area contributed by atoms with Crippen molar-refractivity contribution in [2.45, 2.75) is 24.3 Å². The second-order valence-electron chi connectivity index (χ2n) is 4.65. The fraction of sp³-hybridized carbons (Fsp3) is 0.357. The molecule has 0 unspecified atom stereocenters. The van der Waals surface area contributed by atoms with Crippen LogP contribution in [0.5, 0.6) is 0 Å². The van der Waals surface area contributed by atoms with E-state index in [9.17, 15) is 8.42 Å². The maximum Gasteiger partial charge on any atom is 0.240 e. The molecule has 0 atom stereocenters. The molecule has 0 amide bonds. The lowest BCUT2D eigenvalue weighted by molar-refractivity contribution is 0.380. The van der Waals surface area contributed by atoms with Crippen LogP contribution in [0.25, 0.3) is 0 Å². The molecule has 0 saturated heterocycles. The van der Waals surface area contributed by atoms with E-state index < -0.39 is 10.0 Å². The lowest BCUT2D eigenvalue weighted by atomic mass is 10.1. The molecule has 114 valence electrons. The summed E-state index contributed by atoms with van der Waals surface area (Å²) >= 11 is 0. The highest BCUT2D eigenvalue weighted by atomic mass is 32.2. The van der Waals surface area contributed by atoms with Gasteiger partial charge in [0.1, 0.15) is 0 Å². The Bertz CT molecular complexity index is 637. The molecule has 2 N–H and O–H groups in total. The zero-order valence-corrected chi connectivity index (χ0v) is 12.7. The van der Waals surface area contributed by atoms with Gasteiger partial charge in [-0.05, 0) is 44.1 Å². The second-order valence-corrected chi connectivity index (χ2v) is 6.42. The van der Waals surface area contributed by atoms with Gasteiger partial charge in [0, 0.05) is 6.07 Å². The molecule has 21 heavy (non-hydrogen) atoms. The van der Waals surface area contributed by atoms with Crippen LogP contribution in [0.15, 0.2) is 45.9 Å². The topological polar surface area (TPSA) is 84.2 Å². The van der Waals surface area contributed by atoms with E-state index in [1.54, 1.807) is 18.2 Å². The average Bonchev–Trinajstić information content (AvgIpc) is 3.00. The van der Waals surface area contributed by atoms with E-state index in [-0.39, 0.29) is 11.4 Å². The molecule has 1 aromatic carbocycles. The molecule has 7 heteroatoms. The Morgan fingerprint density at radius 3 is 2.57 bits per heavy atom. The molecule has 0 saturated carbocycles. The van der Waals surface area contributed by atoms with Crippen molar-refractivity contribution in [3.63, 3.8) is 0 Å². The van der Waals surface area contributed by atoms with Crippen molar-refractivity contribution in [2.75, 3.05) is 13.6 Å². The monoisotopic (exact) mass is 309 g/mol. The van der Waals surface area contributed by atoms with Crippen LogP contribution in [-0.2, 0) is 23.0 Å². The third-order valence-electron chi connectivity index (χ3n) is 3.05. The smallest absolute Gasteiger partial charge is 0.240 e. The van der Waals surface area contributed by atoms with Crippen LogP contribution in [0.2, 0.25) is 0 Å². The van der Waals surface area contributed by atoms with Crippen molar-refractivity contribution in [1.29, 1.82) is 0 Å². The van der Waals surface area contributed by atoms with Crippen LogP contribution in [0, 0.1) is 0 Å². The predicted octanol–water partition coefficient (Wildman–Crippen LogP) is 1.31. The number of nitrogens with zero attached hydrogens (tertiary/aromatic N) is 1. The van der Waals surface area contributed by atoms with Crippen LogP contribution in [0.3, 0.4) is 0 Å². The highest BCUT2D eigenvalue weighted by Crippen LogP contribution is 2.12. The Morgan fingerprint density at radius 1 is 1.19 bits per heavy atom. The molecule has 6 nitrogen and oxygen atoms in total. The summed E-state index contributed by atoms with van der Waals surface area (Å²) in [6.07, 6.45) is 3.42. The van der Waals surface area contributed by atoms with Crippen LogP contribution < -0.4 is 10.0 Å². The van der Waals surface area contributed by atoms with Gasteiger partial charge in [-0.3, -0.25) is 0 Å². The van der Waals surface area contributed by atoms with Crippen molar-refractivity contribution >= 4 is 10.0 Å². The summed E-state index contributed by atoms with van der Waals surface area (Å²) in [5, 5.41) is 6.61. The van der Waals surface area contributed by atoms with Crippen molar-refractivity contribution in [1.82, 2.24) is 15.2 Å². The highest BCUT2D eigenvalue weighted by molar-refractivity contribution is 7.89. The highest BCUT2D eigenvalue weighted by Gasteiger charge is 2.14. The molecule has 0 radical (unpaired) electrons. The zero-order valence-electron chi connectivity index (χ0n) is 11.9. The Kier molecular flexibility index (Phi) is 5.49. The standard InChI is InChI=1S/C14H19N3O3S/c1-15-9-2-3-12-4-6-14(7-5-12)21(18,19)17-11-13-8-10-16-20-13/h4-8,10,15,17H,2-3,9,11H2,1H3. The maximum absolute atomic E-state index is 12.1. The van der Waals surface area contributed by atoms with Crippen molar-refractivity contribution in [3.05, 3.63) is 47.9 Å². The third-order valence-corrected chi connectivity index (χ3v) is 4.47. The molecule has 0 spiro atoms. The first-order valence-corrected chi connectivity index (χ1v) is 8.23. The van der Waals surface area contributed by atoms with E-state index in [0.717, 1.165) is 24.9 Å². The summed E-state index contributed by atoms with van der Waals surface area (Å²) in [6, 6.07) is 8.56. The number of aromatic nitrogens is 1. The van der Waals surface area contributed by atoms with Gasteiger partial charge in [-0.25, -0.2) is 13.1 Å². The average molecular weight is 309 g/mol. The van der Waals surface area contributed by atoms with Gasteiger partial charge in [0.25, 0.3) is 0 Å². The number of nitrogens with one attached hydrogen (secondary N) is 2. The SMILES string of the molecule is CNCCCc1ccc(S(=O)(=O)NCc2ccno2)cc1. The minimum absolute atomic E-state index is 0.0895. The van der Waals surface area contributed by atoms with Gasteiger partial charge in [-0.2, -0.15) is 0 Å². The molecule has 1 aromatic heterocycles. The van der Waals surface area contributed by atoms with Crippen LogP contribution in [0.1, 0.15) is 17.7 Å². The molecule has 0 bridgehead atoms. The van der Waals surface area contributed by atoms with E-state index in [0.29, 0.717) is 5.76 Å². The molecule has 2 rings (SSSR count). The largest absolute Gasteiger partial charge is 0.360 e. The summed E-state index contributed by atoms with van der Waals surface area (Å²) in [7, 11) is -1.62. The summed E-state index contributed by atoms with van der Waals surface area (Å²) in [4.78, 5) is 0.249. The number of aryl methyl sites for hydroxylation is 1. The van der Waals surface area contributed by atoms with Gasteiger partial charge in [0.2, 0.25) is 10.0 Å². The fourth-order valence-corrected chi connectivity index (χ4v) is 2.88. The molecule has 0 aliphatic carbocycles. The molecule has 0 fully saturated rings. The van der Waals surface area contributed by atoms with Gasteiger partial charge in [-0.15, -0.1) is 0 Å². The zero-order chi connectivity index (χ0) is 15.1. The second kappa shape index (κ2) is 7.35. The van der Waals surface area contributed by atoms with Crippen molar-refractivity contribution < 1.29 is 12.9 Å². The predicted molar refractivity (Wildman–Crippen MR) is 79.2 cm³/mol. The summed E-state index contributed by atoms with van der Waals surface area (Å²) in [6.45, 7) is 1.03. The third kappa shape index (κ3) is 4.66. The maximum atomic E-state index is 12.1. The Labute approximate surface area is 124 Å². The Morgan fingerprint density at radius 2 is 1.95 bits per heavy atom. The quantitative estimate of drug-likeness (QED) is 0.718. The molecule has 0 aliphatic rings. The summed E-state index contributed by atoms with van der Waals surface area (Å²) in [5.41, 5.74) is 1.12. The van der Waals surface area contributed by atoms with Gasteiger partial charge < -0.3 is 9.84 Å².